The lowest BCUT2D eigenvalue weighted by Gasteiger charge is -2.38. The third kappa shape index (κ3) is 5.80. The van der Waals surface area contributed by atoms with Crippen molar-refractivity contribution in [1.82, 2.24) is 9.97 Å². The van der Waals surface area contributed by atoms with Gasteiger partial charge in [0.25, 0.3) is 0 Å². The van der Waals surface area contributed by atoms with Gasteiger partial charge in [-0.15, -0.1) is 0 Å². The Bertz CT molecular complexity index is 975. The molecule has 3 N–H and O–H groups in total. The number of aromatic nitrogens is 2. The summed E-state index contributed by atoms with van der Waals surface area (Å²) in [5.74, 6) is -0.640. The largest absolute Gasteiger partial charge is 0.481 e. The van der Waals surface area contributed by atoms with Crippen LogP contribution in [0.3, 0.4) is 0 Å². The molecule has 1 heterocycles. The molecule has 0 radical (unpaired) electrons. The summed E-state index contributed by atoms with van der Waals surface area (Å²) in [7, 11) is 0. The zero-order chi connectivity index (χ0) is 23.4. The van der Waals surface area contributed by atoms with Crippen molar-refractivity contribution >= 4 is 29.1 Å². The van der Waals surface area contributed by atoms with Gasteiger partial charge in [0.1, 0.15) is 6.33 Å². The predicted octanol–water partition coefficient (Wildman–Crippen LogP) is 5.10. The van der Waals surface area contributed by atoms with E-state index in [2.05, 4.69) is 45.4 Å². The lowest BCUT2D eigenvalue weighted by molar-refractivity contribution is -0.138. The quantitative estimate of drug-likeness (QED) is 0.515. The van der Waals surface area contributed by atoms with Crippen molar-refractivity contribution in [2.45, 2.75) is 64.3 Å². The number of benzene rings is 1. The van der Waals surface area contributed by atoms with E-state index in [0.717, 1.165) is 30.6 Å². The minimum Gasteiger partial charge on any atom is -0.481 e. The fourth-order valence-corrected chi connectivity index (χ4v) is 4.85. The molecule has 4 rings (SSSR count). The number of carbonyl (C=O) groups excluding carboxylic acids is 1. The number of nitrogens with one attached hydrogen (secondary N) is 2. The standard InChI is InChI=1S/C25H33N5O3/c1-16(2)14-30(19-6-4-3-5-7-19)23-9-8-17(20-11-21(20)24(31)32)10-22(23)29-25(33)28-18-12-26-15-27-13-18/h8-10,12-13,15-16,19-21H,3-7,11,14H2,1-2H3,(H,31,32)(H2,28,29,33)/t20-,21?/m1/s1. The Hall–Kier alpha value is -3.16. The van der Waals surface area contributed by atoms with E-state index in [1.165, 1.54) is 25.6 Å². The second-order valence-electron chi connectivity index (χ2n) is 9.61. The van der Waals surface area contributed by atoms with Gasteiger partial charge in [0.05, 0.1) is 35.4 Å². The molecular formula is C25H33N5O3. The van der Waals surface area contributed by atoms with Crippen LogP contribution in [-0.2, 0) is 4.79 Å². The summed E-state index contributed by atoms with van der Waals surface area (Å²) in [6.07, 6.45) is 11.1. The topological polar surface area (TPSA) is 107 Å². The van der Waals surface area contributed by atoms with Gasteiger partial charge >= 0.3 is 12.0 Å². The predicted molar refractivity (Wildman–Crippen MR) is 129 cm³/mol. The molecule has 2 saturated carbocycles. The molecule has 33 heavy (non-hydrogen) atoms. The van der Waals surface area contributed by atoms with Gasteiger partial charge in [-0.2, -0.15) is 0 Å². The highest BCUT2D eigenvalue weighted by atomic mass is 16.4. The summed E-state index contributed by atoms with van der Waals surface area (Å²) in [5.41, 5.74) is 3.17. The number of urea groups is 1. The highest BCUT2D eigenvalue weighted by molar-refractivity contribution is 6.01. The van der Waals surface area contributed by atoms with E-state index >= 15 is 0 Å². The zero-order valence-corrected chi connectivity index (χ0v) is 19.3. The number of nitrogens with zero attached hydrogens (tertiary/aromatic N) is 3. The second-order valence-corrected chi connectivity index (χ2v) is 9.61. The lowest BCUT2D eigenvalue weighted by Crippen LogP contribution is -2.40. The summed E-state index contributed by atoms with van der Waals surface area (Å²) in [6, 6.07) is 6.12. The summed E-state index contributed by atoms with van der Waals surface area (Å²) < 4.78 is 0. The van der Waals surface area contributed by atoms with Crippen LogP contribution in [0.2, 0.25) is 0 Å². The first-order chi connectivity index (χ1) is 15.9. The SMILES string of the molecule is CC(C)CN(c1ccc([C@H]2CC2C(=O)O)cc1NC(=O)Nc1cncnc1)C1CCCCC1. The first-order valence-corrected chi connectivity index (χ1v) is 11.9. The van der Waals surface area contributed by atoms with Crippen LogP contribution in [0.15, 0.2) is 36.9 Å². The maximum Gasteiger partial charge on any atom is 0.323 e. The van der Waals surface area contributed by atoms with E-state index in [-0.39, 0.29) is 17.9 Å². The molecule has 2 aliphatic carbocycles. The molecule has 0 spiro atoms. The average Bonchev–Trinajstić information content (AvgIpc) is 3.60. The van der Waals surface area contributed by atoms with Gasteiger partial charge in [-0.05, 0) is 48.8 Å². The number of anilines is 3. The molecule has 1 aromatic heterocycles. The number of carbonyl (C=O) groups is 2. The van der Waals surface area contributed by atoms with Gasteiger partial charge in [0.2, 0.25) is 0 Å². The molecular weight excluding hydrogens is 418 g/mol. The molecule has 0 aliphatic heterocycles. The lowest BCUT2D eigenvalue weighted by atomic mass is 9.92. The van der Waals surface area contributed by atoms with Gasteiger partial charge in [0.15, 0.2) is 0 Å². The van der Waals surface area contributed by atoms with Crippen LogP contribution in [0, 0.1) is 11.8 Å². The number of amides is 2. The number of rotatable bonds is 8. The van der Waals surface area contributed by atoms with Crippen molar-refractivity contribution in [2.75, 3.05) is 22.1 Å². The van der Waals surface area contributed by atoms with E-state index in [1.54, 1.807) is 12.4 Å². The van der Waals surface area contributed by atoms with Crippen molar-refractivity contribution in [3.8, 4) is 0 Å². The molecule has 2 aliphatic rings. The van der Waals surface area contributed by atoms with Crippen LogP contribution in [0.1, 0.15) is 63.9 Å². The summed E-state index contributed by atoms with van der Waals surface area (Å²) in [4.78, 5) is 34.6. The van der Waals surface area contributed by atoms with Crippen LogP contribution in [0.5, 0.6) is 0 Å². The van der Waals surface area contributed by atoms with Gasteiger partial charge < -0.3 is 20.6 Å². The number of hydrogen-bond acceptors (Lipinski definition) is 5. The number of aliphatic carboxylic acids is 1. The molecule has 2 aromatic rings. The Morgan fingerprint density at radius 1 is 1.12 bits per heavy atom. The van der Waals surface area contributed by atoms with Crippen LogP contribution in [0.4, 0.5) is 21.9 Å². The average molecular weight is 452 g/mol. The smallest absolute Gasteiger partial charge is 0.323 e. The van der Waals surface area contributed by atoms with E-state index in [4.69, 9.17) is 0 Å². The highest BCUT2D eigenvalue weighted by Gasteiger charge is 2.44. The fraction of sp³-hybridized carbons (Fsp3) is 0.520. The van der Waals surface area contributed by atoms with E-state index in [0.29, 0.717) is 29.8 Å². The molecule has 1 unspecified atom stereocenters. The molecule has 176 valence electrons. The summed E-state index contributed by atoms with van der Waals surface area (Å²) in [5, 5.41) is 15.2. The van der Waals surface area contributed by atoms with E-state index in [1.807, 2.05) is 12.1 Å². The monoisotopic (exact) mass is 451 g/mol. The van der Waals surface area contributed by atoms with Gasteiger partial charge in [-0.3, -0.25) is 4.79 Å². The van der Waals surface area contributed by atoms with Gasteiger partial charge in [0, 0.05) is 12.6 Å². The Labute approximate surface area is 194 Å². The van der Waals surface area contributed by atoms with Crippen molar-refractivity contribution in [3.05, 3.63) is 42.5 Å². The highest BCUT2D eigenvalue weighted by Crippen LogP contribution is 2.49. The Balaban J connectivity index is 1.63. The number of hydrogen-bond donors (Lipinski definition) is 3. The first kappa shape index (κ1) is 23.0. The minimum absolute atomic E-state index is 0.00378. The third-order valence-electron chi connectivity index (χ3n) is 6.51. The third-order valence-corrected chi connectivity index (χ3v) is 6.51. The van der Waals surface area contributed by atoms with Crippen LogP contribution < -0.4 is 15.5 Å². The van der Waals surface area contributed by atoms with Crippen molar-refractivity contribution in [1.29, 1.82) is 0 Å². The molecule has 8 heteroatoms. The Morgan fingerprint density at radius 2 is 1.85 bits per heavy atom. The Kier molecular flexibility index (Phi) is 7.11. The van der Waals surface area contributed by atoms with E-state index < -0.39 is 5.97 Å². The van der Waals surface area contributed by atoms with Crippen LogP contribution >= 0.6 is 0 Å². The molecule has 2 amide bonds. The molecule has 2 fully saturated rings. The number of carboxylic acid groups (broad SMARTS) is 1. The maximum atomic E-state index is 12.8. The fourth-order valence-electron chi connectivity index (χ4n) is 4.85. The van der Waals surface area contributed by atoms with Crippen molar-refractivity contribution in [3.63, 3.8) is 0 Å². The zero-order valence-electron chi connectivity index (χ0n) is 19.3. The van der Waals surface area contributed by atoms with Gasteiger partial charge in [-0.25, -0.2) is 14.8 Å². The second kappa shape index (κ2) is 10.2. The normalized spacial score (nSPS) is 20.3. The molecule has 8 nitrogen and oxygen atoms in total. The van der Waals surface area contributed by atoms with Crippen LogP contribution in [0.25, 0.3) is 0 Å². The molecule has 2 atom stereocenters. The van der Waals surface area contributed by atoms with E-state index in [9.17, 15) is 14.7 Å². The van der Waals surface area contributed by atoms with Crippen LogP contribution in [-0.4, -0.2) is 39.7 Å². The minimum atomic E-state index is -0.760. The molecule has 1 aromatic carbocycles. The number of carboxylic acids is 1. The van der Waals surface area contributed by atoms with Crippen molar-refractivity contribution in [2.24, 2.45) is 11.8 Å². The van der Waals surface area contributed by atoms with Gasteiger partial charge in [-0.1, -0.05) is 39.2 Å². The Morgan fingerprint density at radius 3 is 2.48 bits per heavy atom. The van der Waals surface area contributed by atoms with Crippen molar-refractivity contribution < 1.29 is 14.7 Å². The molecule has 0 saturated heterocycles. The first-order valence-electron chi connectivity index (χ1n) is 11.9. The summed E-state index contributed by atoms with van der Waals surface area (Å²) in [6.45, 7) is 5.32. The maximum absolute atomic E-state index is 12.8. The summed E-state index contributed by atoms with van der Waals surface area (Å²) >= 11 is 0. The molecule has 0 bridgehead atoms.